The van der Waals surface area contributed by atoms with E-state index in [1.165, 1.54) is 18.2 Å². The molecule has 0 atom stereocenters. The summed E-state index contributed by atoms with van der Waals surface area (Å²) < 4.78 is 23.2. The van der Waals surface area contributed by atoms with Crippen LogP contribution in [0.1, 0.15) is 31.3 Å². The fourth-order valence-electron chi connectivity index (χ4n) is 1.90. The Hall–Kier alpha value is -2.57. The van der Waals surface area contributed by atoms with Gasteiger partial charge in [0, 0.05) is 10.9 Å². The van der Waals surface area contributed by atoms with Crippen molar-refractivity contribution in [2.75, 3.05) is 13.2 Å². The molecule has 7 heteroatoms. The van der Waals surface area contributed by atoms with Gasteiger partial charge in [0.1, 0.15) is 23.7 Å². The van der Waals surface area contributed by atoms with Crippen molar-refractivity contribution in [2.24, 2.45) is 0 Å². The van der Waals surface area contributed by atoms with Gasteiger partial charge >= 0.3 is 12.1 Å². The van der Waals surface area contributed by atoms with E-state index in [0.717, 1.165) is 0 Å². The summed E-state index contributed by atoms with van der Waals surface area (Å²) in [6.07, 6.45) is -0.574. The van der Waals surface area contributed by atoms with Gasteiger partial charge in [0.2, 0.25) is 0 Å². The molecule has 124 valence electrons. The van der Waals surface area contributed by atoms with Gasteiger partial charge in [-0.05, 0) is 45.0 Å². The fraction of sp³-hybridized carbons (Fsp3) is 0.375. The highest BCUT2D eigenvalue weighted by Gasteiger charge is 2.16. The van der Waals surface area contributed by atoms with Crippen LogP contribution in [-0.4, -0.2) is 35.8 Å². The smallest absolute Gasteiger partial charge is 0.407 e. The number of ether oxygens (including phenoxy) is 2. The molecule has 0 saturated carbocycles. The summed E-state index contributed by atoms with van der Waals surface area (Å²) in [5.74, 6) is -0.953. The lowest BCUT2D eigenvalue weighted by atomic mass is 10.2. The molecule has 0 fully saturated rings. The van der Waals surface area contributed by atoms with Crippen molar-refractivity contribution < 1.29 is 23.5 Å². The van der Waals surface area contributed by atoms with E-state index in [1.54, 1.807) is 26.8 Å². The predicted molar refractivity (Wildman–Crippen MR) is 82.8 cm³/mol. The van der Waals surface area contributed by atoms with E-state index in [1.807, 2.05) is 0 Å². The van der Waals surface area contributed by atoms with Crippen molar-refractivity contribution in [1.82, 2.24) is 10.3 Å². The number of aromatic nitrogens is 1. The Balaban J connectivity index is 1.81. The van der Waals surface area contributed by atoms with Crippen molar-refractivity contribution >= 4 is 23.0 Å². The molecule has 0 aliphatic rings. The number of hydrogen-bond donors (Lipinski definition) is 2. The van der Waals surface area contributed by atoms with E-state index in [2.05, 4.69) is 10.3 Å². The third-order valence-electron chi connectivity index (χ3n) is 2.81. The maximum atomic E-state index is 13.1. The Morgan fingerprint density at radius 3 is 2.70 bits per heavy atom. The molecule has 0 radical (unpaired) electrons. The quantitative estimate of drug-likeness (QED) is 0.670. The minimum Gasteiger partial charge on any atom is -0.459 e. The Morgan fingerprint density at radius 2 is 2.00 bits per heavy atom. The molecule has 0 aliphatic carbocycles. The highest BCUT2D eigenvalue weighted by molar-refractivity contribution is 5.94. The summed E-state index contributed by atoms with van der Waals surface area (Å²) in [4.78, 5) is 26.1. The fourth-order valence-corrected chi connectivity index (χ4v) is 1.90. The van der Waals surface area contributed by atoms with Crippen LogP contribution in [0.2, 0.25) is 0 Å². The van der Waals surface area contributed by atoms with Crippen LogP contribution in [0.4, 0.5) is 9.18 Å². The average molecular weight is 322 g/mol. The Labute approximate surface area is 133 Å². The molecule has 0 unspecified atom stereocenters. The maximum Gasteiger partial charge on any atom is 0.407 e. The van der Waals surface area contributed by atoms with Crippen molar-refractivity contribution in [2.45, 2.75) is 26.4 Å². The summed E-state index contributed by atoms with van der Waals surface area (Å²) in [7, 11) is 0. The summed E-state index contributed by atoms with van der Waals surface area (Å²) in [6, 6.07) is 5.69. The lowest BCUT2D eigenvalue weighted by Crippen LogP contribution is -2.34. The first kappa shape index (κ1) is 16.8. The number of carbonyl (C=O) groups is 2. The molecule has 0 aliphatic heterocycles. The van der Waals surface area contributed by atoms with Crippen LogP contribution in [0.5, 0.6) is 0 Å². The minimum absolute atomic E-state index is 0.00179. The zero-order valence-corrected chi connectivity index (χ0v) is 13.2. The predicted octanol–water partition coefficient (Wildman–Crippen LogP) is 2.99. The van der Waals surface area contributed by atoms with Gasteiger partial charge in [0.05, 0.1) is 6.54 Å². The largest absolute Gasteiger partial charge is 0.459 e. The molecule has 2 rings (SSSR count). The number of alkyl carbamates (subject to hydrolysis) is 1. The molecule has 6 nitrogen and oxygen atoms in total. The molecule has 0 saturated heterocycles. The average Bonchev–Trinajstić information content (AvgIpc) is 2.84. The van der Waals surface area contributed by atoms with Crippen molar-refractivity contribution in [1.29, 1.82) is 0 Å². The number of amides is 1. The van der Waals surface area contributed by atoms with Gasteiger partial charge in [0.15, 0.2) is 0 Å². The van der Waals surface area contributed by atoms with Crippen LogP contribution in [-0.2, 0) is 9.47 Å². The Bertz CT molecular complexity index is 718. The molecule has 23 heavy (non-hydrogen) atoms. The molecule has 2 aromatic rings. The van der Waals surface area contributed by atoms with E-state index < -0.39 is 17.7 Å². The third-order valence-corrected chi connectivity index (χ3v) is 2.81. The lowest BCUT2D eigenvalue weighted by molar-refractivity contribution is 0.0430. The van der Waals surface area contributed by atoms with Gasteiger partial charge < -0.3 is 19.8 Å². The second-order valence-corrected chi connectivity index (χ2v) is 5.98. The third kappa shape index (κ3) is 4.98. The Kier molecular flexibility index (Phi) is 4.88. The van der Waals surface area contributed by atoms with E-state index >= 15 is 0 Å². The highest BCUT2D eigenvalue weighted by atomic mass is 19.1. The standard InChI is InChI=1S/C16H19FN2O4/c1-16(2,3)23-15(21)18-6-7-22-14(20)13-9-10-8-11(17)4-5-12(10)19-13/h4-5,8-9,19H,6-7H2,1-3H3,(H,18,21). The number of hydrogen-bond acceptors (Lipinski definition) is 4. The van der Waals surface area contributed by atoms with Crippen LogP contribution in [0, 0.1) is 5.82 Å². The second kappa shape index (κ2) is 6.68. The number of esters is 1. The first-order valence-corrected chi connectivity index (χ1v) is 7.17. The number of halogens is 1. The molecule has 1 heterocycles. The number of nitrogens with one attached hydrogen (secondary N) is 2. The normalized spacial score (nSPS) is 11.3. The first-order chi connectivity index (χ1) is 10.7. The number of H-pyrrole nitrogens is 1. The molecule has 0 spiro atoms. The number of carbonyl (C=O) groups excluding carboxylic acids is 2. The lowest BCUT2D eigenvalue weighted by Gasteiger charge is -2.19. The van der Waals surface area contributed by atoms with Gasteiger partial charge in [-0.25, -0.2) is 14.0 Å². The van der Waals surface area contributed by atoms with Crippen LogP contribution in [0.25, 0.3) is 10.9 Å². The van der Waals surface area contributed by atoms with E-state index in [0.29, 0.717) is 10.9 Å². The van der Waals surface area contributed by atoms with Crippen molar-refractivity contribution in [3.63, 3.8) is 0 Å². The van der Waals surface area contributed by atoms with E-state index in [9.17, 15) is 14.0 Å². The van der Waals surface area contributed by atoms with Crippen LogP contribution in [0.3, 0.4) is 0 Å². The van der Waals surface area contributed by atoms with E-state index in [4.69, 9.17) is 9.47 Å². The summed E-state index contributed by atoms with van der Waals surface area (Å²) >= 11 is 0. The monoisotopic (exact) mass is 322 g/mol. The molecule has 1 aromatic heterocycles. The molecule has 0 bridgehead atoms. The van der Waals surface area contributed by atoms with Crippen molar-refractivity contribution in [3.05, 3.63) is 35.8 Å². The zero-order chi connectivity index (χ0) is 17.0. The highest BCUT2D eigenvalue weighted by Crippen LogP contribution is 2.17. The second-order valence-electron chi connectivity index (χ2n) is 5.98. The number of benzene rings is 1. The van der Waals surface area contributed by atoms with Crippen molar-refractivity contribution in [3.8, 4) is 0 Å². The number of fused-ring (bicyclic) bond motifs is 1. The molecule has 1 amide bonds. The van der Waals surface area contributed by atoms with Gasteiger partial charge in [-0.2, -0.15) is 0 Å². The first-order valence-electron chi connectivity index (χ1n) is 7.17. The minimum atomic E-state index is -0.583. The molecular weight excluding hydrogens is 303 g/mol. The number of rotatable bonds is 4. The van der Waals surface area contributed by atoms with E-state index in [-0.39, 0.29) is 24.7 Å². The van der Waals surface area contributed by atoms with Crippen LogP contribution >= 0.6 is 0 Å². The van der Waals surface area contributed by atoms with Gasteiger partial charge in [-0.3, -0.25) is 0 Å². The van der Waals surface area contributed by atoms with Crippen LogP contribution < -0.4 is 5.32 Å². The van der Waals surface area contributed by atoms with Gasteiger partial charge in [-0.1, -0.05) is 0 Å². The van der Waals surface area contributed by atoms with Crippen LogP contribution in [0.15, 0.2) is 24.3 Å². The molecular formula is C16H19FN2O4. The molecule has 1 aromatic carbocycles. The summed E-state index contributed by atoms with van der Waals surface area (Å²) in [5, 5.41) is 3.07. The van der Waals surface area contributed by atoms with Gasteiger partial charge in [-0.15, -0.1) is 0 Å². The summed E-state index contributed by atoms with van der Waals surface area (Å²) in [5.41, 5.74) is 0.286. The maximum absolute atomic E-state index is 13.1. The molecule has 2 N–H and O–H groups in total. The zero-order valence-electron chi connectivity index (χ0n) is 13.2. The number of aromatic amines is 1. The topological polar surface area (TPSA) is 80.4 Å². The SMILES string of the molecule is CC(C)(C)OC(=O)NCCOC(=O)c1cc2cc(F)ccc2[nH]1. The Morgan fingerprint density at radius 1 is 1.26 bits per heavy atom. The van der Waals surface area contributed by atoms with Gasteiger partial charge in [0.25, 0.3) is 0 Å². The summed E-state index contributed by atoms with van der Waals surface area (Å²) in [6.45, 7) is 5.40.